The van der Waals surface area contributed by atoms with E-state index < -0.39 is 0 Å². The highest BCUT2D eigenvalue weighted by Crippen LogP contribution is 2.20. The molecule has 0 aromatic heterocycles. The molecule has 0 aliphatic rings. The van der Waals surface area contributed by atoms with Crippen LogP contribution in [0.25, 0.3) is 0 Å². The number of halogens is 2. The normalized spacial score (nSPS) is 10.4. The van der Waals surface area contributed by atoms with Gasteiger partial charge in [-0.05, 0) is 54.0 Å². The molecule has 4 heteroatoms. The number of ether oxygens (including phenoxy) is 1. The van der Waals surface area contributed by atoms with Crippen LogP contribution in [-0.4, -0.2) is 19.7 Å². The molecule has 1 N–H and O–H groups in total. The second-order valence-electron chi connectivity index (χ2n) is 3.53. The largest absolute Gasteiger partial charge is 0.493 e. The molecule has 0 unspecified atom stereocenters. The second-order valence-corrected chi connectivity index (χ2v) is 4.38. The summed E-state index contributed by atoms with van der Waals surface area (Å²) in [5, 5.41) is 3.28. The van der Waals surface area contributed by atoms with E-state index in [1.165, 1.54) is 6.07 Å². The minimum atomic E-state index is -0.290. The van der Waals surface area contributed by atoms with Gasteiger partial charge in [0.15, 0.2) is 0 Å². The monoisotopic (exact) mass is 289 g/mol. The van der Waals surface area contributed by atoms with Crippen LogP contribution < -0.4 is 10.1 Å². The third-order valence-electron chi connectivity index (χ3n) is 2.08. The van der Waals surface area contributed by atoms with Crippen LogP contribution >= 0.6 is 15.9 Å². The second kappa shape index (κ2) is 7.63. The lowest BCUT2D eigenvalue weighted by Crippen LogP contribution is -2.18. The maximum Gasteiger partial charge on any atom is 0.141 e. The van der Waals surface area contributed by atoms with Gasteiger partial charge < -0.3 is 10.1 Å². The van der Waals surface area contributed by atoms with Gasteiger partial charge in [0.2, 0.25) is 0 Å². The summed E-state index contributed by atoms with van der Waals surface area (Å²) in [5.74, 6) is 0.290. The van der Waals surface area contributed by atoms with Crippen LogP contribution in [0.3, 0.4) is 0 Å². The van der Waals surface area contributed by atoms with Gasteiger partial charge in [0.05, 0.1) is 11.1 Å². The summed E-state index contributed by atoms with van der Waals surface area (Å²) < 4.78 is 19.0. The van der Waals surface area contributed by atoms with Crippen LogP contribution in [-0.2, 0) is 0 Å². The van der Waals surface area contributed by atoms with E-state index in [0.29, 0.717) is 16.8 Å². The maximum absolute atomic E-state index is 13.1. The Labute approximate surface area is 104 Å². The highest BCUT2D eigenvalue weighted by molar-refractivity contribution is 9.10. The van der Waals surface area contributed by atoms with Crippen molar-refractivity contribution in [1.82, 2.24) is 5.32 Å². The molecule has 0 radical (unpaired) electrons. The molecule has 0 atom stereocenters. The average molecular weight is 290 g/mol. The topological polar surface area (TPSA) is 21.3 Å². The smallest absolute Gasteiger partial charge is 0.141 e. The molecular weight excluding hydrogens is 273 g/mol. The molecule has 1 aromatic rings. The first-order valence-corrected chi connectivity index (χ1v) is 6.32. The molecule has 0 bridgehead atoms. The number of hydrogen-bond acceptors (Lipinski definition) is 2. The number of rotatable bonds is 7. The Morgan fingerprint density at radius 2 is 2.19 bits per heavy atom. The van der Waals surface area contributed by atoms with E-state index >= 15 is 0 Å². The molecule has 0 amide bonds. The lowest BCUT2D eigenvalue weighted by Gasteiger charge is -2.07. The van der Waals surface area contributed by atoms with Gasteiger partial charge in [-0.15, -0.1) is 0 Å². The fraction of sp³-hybridized carbons (Fsp3) is 0.500. The Morgan fingerprint density at radius 3 is 2.88 bits per heavy atom. The molecule has 0 heterocycles. The molecule has 0 saturated heterocycles. The van der Waals surface area contributed by atoms with Gasteiger partial charge in [0, 0.05) is 6.07 Å². The number of nitrogens with one attached hydrogen (secondary N) is 1. The molecule has 0 spiro atoms. The molecule has 0 aliphatic carbocycles. The maximum atomic E-state index is 13.1. The van der Waals surface area contributed by atoms with Crippen molar-refractivity contribution in [2.24, 2.45) is 0 Å². The number of hydrogen-bond donors (Lipinski definition) is 1. The van der Waals surface area contributed by atoms with Gasteiger partial charge in [-0.25, -0.2) is 4.39 Å². The van der Waals surface area contributed by atoms with Crippen LogP contribution in [0.5, 0.6) is 5.75 Å². The van der Waals surface area contributed by atoms with Crippen molar-refractivity contribution in [2.45, 2.75) is 19.8 Å². The summed E-state index contributed by atoms with van der Waals surface area (Å²) in [7, 11) is 0. The summed E-state index contributed by atoms with van der Waals surface area (Å²) in [6.45, 7) is 4.71. The summed E-state index contributed by atoms with van der Waals surface area (Å²) in [6, 6.07) is 4.80. The summed E-state index contributed by atoms with van der Waals surface area (Å²) in [6.07, 6.45) is 2.07. The molecule has 0 fully saturated rings. The summed E-state index contributed by atoms with van der Waals surface area (Å²) in [5.41, 5.74) is 0. The lowest BCUT2D eigenvalue weighted by atomic mass is 10.3. The zero-order valence-electron chi connectivity index (χ0n) is 9.43. The average Bonchev–Trinajstić information content (AvgIpc) is 2.28. The Morgan fingerprint density at radius 1 is 1.38 bits per heavy atom. The van der Waals surface area contributed by atoms with Crippen molar-refractivity contribution < 1.29 is 9.13 Å². The van der Waals surface area contributed by atoms with Crippen LogP contribution in [0.2, 0.25) is 0 Å². The molecule has 0 aliphatic heterocycles. The van der Waals surface area contributed by atoms with Crippen LogP contribution in [0.4, 0.5) is 4.39 Å². The van der Waals surface area contributed by atoms with E-state index in [1.54, 1.807) is 12.1 Å². The highest BCUT2D eigenvalue weighted by Gasteiger charge is 2.00. The fourth-order valence-corrected chi connectivity index (χ4v) is 1.50. The lowest BCUT2D eigenvalue weighted by molar-refractivity contribution is 0.306. The third kappa shape index (κ3) is 4.94. The summed E-state index contributed by atoms with van der Waals surface area (Å²) in [4.78, 5) is 0. The van der Waals surface area contributed by atoms with Crippen molar-refractivity contribution >= 4 is 15.9 Å². The SMILES string of the molecule is CCCNCCCOc1ccc(Br)c(F)c1. The van der Waals surface area contributed by atoms with Crippen LogP contribution in [0.15, 0.2) is 22.7 Å². The Kier molecular flexibility index (Phi) is 6.42. The molecule has 16 heavy (non-hydrogen) atoms. The van der Waals surface area contributed by atoms with Crippen molar-refractivity contribution in [2.75, 3.05) is 19.7 Å². The van der Waals surface area contributed by atoms with Gasteiger partial charge in [0.1, 0.15) is 11.6 Å². The standard InChI is InChI=1S/C12H17BrFNO/c1-2-6-15-7-3-8-16-10-4-5-11(13)12(14)9-10/h4-5,9,15H,2-3,6-8H2,1H3. The first-order valence-electron chi connectivity index (χ1n) is 5.52. The van der Waals surface area contributed by atoms with Crippen molar-refractivity contribution in [3.8, 4) is 5.75 Å². The molecule has 1 aromatic carbocycles. The van der Waals surface area contributed by atoms with Crippen molar-refractivity contribution in [3.63, 3.8) is 0 Å². The molecule has 2 nitrogen and oxygen atoms in total. The molecule has 90 valence electrons. The first-order chi connectivity index (χ1) is 7.74. The third-order valence-corrected chi connectivity index (χ3v) is 2.73. The van der Waals surface area contributed by atoms with E-state index in [-0.39, 0.29) is 5.82 Å². The Bertz CT molecular complexity index is 320. The predicted octanol–water partition coefficient (Wildman–Crippen LogP) is 3.36. The minimum absolute atomic E-state index is 0.290. The summed E-state index contributed by atoms with van der Waals surface area (Å²) >= 11 is 3.10. The molecule has 0 saturated carbocycles. The zero-order valence-corrected chi connectivity index (χ0v) is 11.0. The number of benzene rings is 1. The Balaban J connectivity index is 2.19. The van der Waals surface area contributed by atoms with Gasteiger partial charge in [-0.3, -0.25) is 0 Å². The fourth-order valence-electron chi connectivity index (χ4n) is 1.26. The predicted molar refractivity (Wildman–Crippen MR) is 67.4 cm³/mol. The van der Waals surface area contributed by atoms with E-state index in [2.05, 4.69) is 28.2 Å². The molecular formula is C12H17BrFNO. The quantitative estimate of drug-likeness (QED) is 0.777. The van der Waals surface area contributed by atoms with E-state index in [9.17, 15) is 4.39 Å². The van der Waals surface area contributed by atoms with Gasteiger partial charge >= 0.3 is 0 Å². The van der Waals surface area contributed by atoms with E-state index in [1.807, 2.05) is 0 Å². The molecule has 1 rings (SSSR count). The van der Waals surface area contributed by atoms with Gasteiger partial charge in [-0.1, -0.05) is 6.92 Å². The van der Waals surface area contributed by atoms with Crippen LogP contribution in [0, 0.1) is 5.82 Å². The zero-order chi connectivity index (χ0) is 11.8. The van der Waals surface area contributed by atoms with Gasteiger partial charge in [0.25, 0.3) is 0 Å². The highest BCUT2D eigenvalue weighted by atomic mass is 79.9. The first kappa shape index (κ1) is 13.5. The Hall–Kier alpha value is -0.610. The minimum Gasteiger partial charge on any atom is -0.493 e. The van der Waals surface area contributed by atoms with Crippen LogP contribution in [0.1, 0.15) is 19.8 Å². The van der Waals surface area contributed by atoms with E-state index in [0.717, 1.165) is 25.9 Å². The van der Waals surface area contributed by atoms with Crippen molar-refractivity contribution in [3.05, 3.63) is 28.5 Å². The van der Waals surface area contributed by atoms with E-state index in [4.69, 9.17) is 4.74 Å². The van der Waals surface area contributed by atoms with Crippen molar-refractivity contribution in [1.29, 1.82) is 0 Å². The van der Waals surface area contributed by atoms with Gasteiger partial charge in [-0.2, -0.15) is 0 Å².